The van der Waals surface area contributed by atoms with E-state index < -0.39 is 10.2 Å². The van der Waals surface area contributed by atoms with Crippen molar-refractivity contribution in [3.63, 3.8) is 0 Å². The van der Waals surface area contributed by atoms with Crippen molar-refractivity contribution in [1.82, 2.24) is 14.3 Å². The second-order valence-electron chi connectivity index (χ2n) is 4.78. The lowest BCUT2D eigenvalue weighted by Gasteiger charge is -2.34. The van der Waals surface area contributed by atoms with Gasteiger partial charge in [0.1, 0.15) is 0 Å². The van der Waals surface area contributed by atoms with Crippen molar-refractivity contribution < 1.29 is 8.42 Å². The first-order valence-corrected chi connectivity index (χ1v) is 8.94. The summed E-state index contributed by atoms with van der Waals surface area (Å²) in [5, 5.41) is 6.99. The van der Waals surface area contributed by atoms with E-state index in [0.29, 0.717) is 19.6 Å². The summed E-state index contributed by atoms with van der Waals surface area (Å²) in [5.74, 6) is 0. The molecule has 1 unspecified atom stereocenters. The fourth-order valence-corrected chi connectivity index (χ4v) is 4.51. The van der Waals surface area contributed by atoms with Crippen molar-refractivity contribution in [3.8, 4) is 0 Å². The van der Waals surface area contributed by atoms with Crippen LogP contribution in [0.4, 0.5) is 0 Å². The minimum absolute atomic E-state index is 0.0683. The molecule has 0 aliphatic carbocycles. The number of nitrogens with zero attached hydrogens (tertiary/aromatic N) is 1. The number of hydrogen-bond donors (Lipinski definition) is 2. The van der Waals surface area contributed by atoms with Gasteiger partial charge in [0.15, 0.2) is 0 Å². The van der Waals surface area contributed by atoms with Crippen molar-refractivity contribution in [3.05, 3.63) is 22.4 Å². The van der Waals surface area contributed by atoms with E-state index in [1.165, 1.54) is 0 Å². The van der Waals surface area contributed by atoms with Crippen LogP contribution in [0.1, 0.15) is 24.8 Å². The van der Waals surface area contributed by atoms with Crippen LogP contribution in [-0.4, -0.2) is 38.9 Å². The molecule has 2 heterocycles. The van der Waals surface area contributed by atoms with Crippen LogP contribution in [0.2, 0.25) is 0 Å². The molecule has 1 fully saturated rings. The minimum atomic E-state index is -3.38. The largest absolute Gasteiger partial charge is 0.318 e. The Bertz CT molecular complexity index is 471. The van der Waals surface area contributed by atoms with Crippen molar-refractivity contribution >= 4 is 21.5 Å². The Labute approximate surface area is 119 Å². The van der Waals surface area contributed by atoms with Crippen LogP contribution in [0.25, 0.3) is 0 Å². The van der Waals surface area contributed by atoms with Crippen LogP contribution < -0.4 is 10.0 Å². The molecular weight excluding hydrogens is 282 g/mol. The van der Waals surface area contributed by atoms with Gasteiger partial charge in [0.25, 0.3) is 10.2 Å². The molecule has 19 heavy (non-hydrogen) atoms. The van der Waals surface area contributed by atoms with Crippen LogP contribution in [-0.2, 0) is 16.8 Å². The smallest absolute Gasteiger partial charge is 0.280 e. The molecule has 0 radical (unpaired) electrons. The summed E-state index contributed by atoms with van der Waals surface area (Å²) in [5.41, 5.74) is 1.01. The predicted molar refractivity (Wildman–Crippen MR) is 78.4 cm³/mol. The monoisotopic (exact) mass is 303 g/mol. The highest BCUT2D eigenvalue weighted by Gasteiger charge is 2.31. The van der Waals surface area contributed by atoms with Gasteiger partial charge in [0.2, 0.25) is 0 Å². The summed E-state index contributed by atoms with van der Waals surface area (Å²) in [6.07, 6.45) is 2.97. The number of hydrogen-bond acceptors (Lipinski definition) is 4. The van der Waals surface area contributed by atoms with Gasteiger partial charge in [-0.05, 0) is 42.3 Å². The Morgan fingerprint density at radius 2 is 2.32 bits per heavy atom. The second-order valence-corrected chi connectivity index (χ2v) is 7.26. The van der Waals surface area contributed by atoms with Gasteiger partial charge in [-0.25, -0.2) is 0 Å². The lowest BCUT2D eigenvalue weighted by atomic mass is 10.1. The zero-order valence-electron chi connectivity index (χ0n) is 11.1. The Balaban J connectivity index is 2.00. The fraction of sp³-hybridized carbons (Fsp3) is 0.667. The van der Waals surface area contributed by atoms with Gasteiger partial charge in [0, 0.05) is 25.7 Å². The third-order valence-corrected chi connectivity index (χ3v) is 5.70. The Kier molecular flexibility index (Phi) is 5.35. The number of likely N-dealkylation sites (N-methyl/N-ethyl adjacent to an activating group) is 1. The van der Waals surface area contributed by atoms with Gasteiger partial charge < -0.3 is 5.32 Å². The van der Waals surface area contributed by atoms with Crippen LogP contribution in [0.15, 0.2) is 16.8 Å². The molecule has 5 nitrogen and oxygen atoms in total. The SMILES string of the molecule is CNCC1CCCCN1S(=O)(=O)NCc1ccsc1. The molecule has 1 saturated heterocycles. The Morgan fingerprint density at radius 3 is 3.00 bits per heavy atom. The first kappa shape index (κ1) is 14.9. The molecule has 1 aromatic rings. The van der Waals surface area contributed by atoms with Crippen molar-refractivity contribution in [2.75, 3.05) is 20.1 Å². The molecule has 2 rings (SSSR count). The molecule has 2 N–H and O–H groups in total. The van der Waals surface area contributed by atoms with E-state index in [4.69, 9.17) is 0 Å². The van der Waals surface area contributed by atoms with Crippen molar-refractivity contribution in [2.45, 2.75) is 31.8 Å². The lowest BCUT2D eigenvalue weighted by Crippen LogP contribution is -2.51. The summed E-state index contributed by atoms with van der Waals surface area (Å²) in [7, 11) is -1.52. The maximum absolute atomic E-state index is 12.4. The average molecular weight is 303 g/mol. The maximum atomic E-state index is 12.4. The van der Waals surface area contributed by atoms with Gasteiger partial charge in [-0.15, -0.1) is 0 Å². The highest BCUT2D eigenvalue weighted by atomic mass is 32.2. The average Bonchev–Trinajstić information content (AvgIpc) is 2.91. The first-order chi connectivity index (χ1) is 9.13. The van der Waals surface area contributed by atoms with Crippen LogP contribution >= 0.6 is 11.3 Å². The van der Waals surface area contributed by atoms with Crippen LogP contribution in [0, 0.1) is 0 Å². The van der Waals surface area contributed by atoms with Crippen LogP contribution in [0.5, 0.6) is 0 Å². The van der Waals surface area contributed by atoms with Crippen LogP contribution in [0.3, 0.4) is 0 Å². The minimum Gasteiger partial charge on any atom is -0.318 e. The molecule has 1 atom stereocenters. The van der Waals surface area contributed by atoms with Crippen molar-refractivity contribution in [1.29, 1.82) is 0 Å². The molecule has 1 aliphatic heterocycles. The molecule has 1 aliphatic rings. The lowest BCUT2D eigenvalue weighted by molar-refractivity contribution is 0.246. The highest BCUT2D eigenvalue weighted by Crippen LogP contribution is 2.19. The van der Waals surface area contributed by atoms with Crippen molar-refractivity contribution in [2.24, 2.45) is 0 Å². The van der Waals surface area contributed by atoms with E-state index in [2.05, 4.69) is 10.0 Å². The van der Waals surface area contributed by atoms with E-state index in [1.807, 2.05) is 23.9 Å². The standard InChI is InChI=1S/C12H21N3O2S2/c1-13-9-12-4-2-3-6-15(12)19(16,17)14-8-11-5-7-18-10-11/h5,7,10,12-14H,2-4,6,8-9H2,1H3. The third kappa shape index (κ3) is 4.00. The highest BCUT2D eigenvalue weighted by molar-refractivity contribution is 7.87. The topological polar surface area (TPSA) is 61.4 Å². The maximum Gasteiger partial charge on any atom is 0.280 e. The Hall–Kier alpha value is -0.470. The molecule has 7 heteroatoms. The molecular formula is C12H21N3O2S2. The quantitative estimate of drug-likeness (QED) is 0.829. The molecule has 0 spiro atoms. The predicted octanol–water partition coefficient (Wildman–Crippen LogP) is 1.16. The van der Waals surface area contributed by atoms with E-state index >= 15 is 0 Å². The van der Waals surface area contributed by atoms with Gasteiger partial charge in [-0.3, -0.25) is 0 Å². The molecule has 0 bridgehead atoms. The van der Waals surface area contributed by atoms with E-state index in [1.54, 1.807) is 15.6 Å². The normalized spacial score (nSPS) is 21.6. The summed E-state index contributed by atoms with van der Waals surface area (Å²) < 4.78 is 29.0. The zero-order chi connectivity index (χ0) is 13.7. The Morgan fingerprint density at radius 1 is 1.47 bits per heavy atom. The summed E-state index contributed by atoms with van der Waals surface area (Å²) in [6, 6.07) is 2.01. The summed E-state index contributed by atoms with van der Waals surface area (Å²) in [6.45, 7) is 1.69. The van der Waals surface area contributed by atoms with E-state index in [-0.39, 0.29) is 6.04 Å². The van der Waals surface area contributed by atoms with Gasteiger partial charge in [-0.2, -0.15) is 28.8 Å². The van der Waals surface area contributed by atoms with E-state index in [9.17, 15) is 8.42 Å². The zero-order valence-corrected chi connectivity index (χ0v) is 12.8. The molecule has 0 amide bonds. The van der Waals surface area contributed by atoms with Gasteiger partial charge >= 0.3 is 0 Å². The molecule has 108 valence electrons. The van der Waals surface area contributed by atoms with E-state index in [0.717, 1.165) is 24.8 Å². The molecule has 1 aromatic heterocycles. The number of thiophene rings is 1. The summed E-state index contributed by atoms with van der Waals surface area (Å²) in [4.78, 5) is 0. The molecule has 0 saturated carbocycles. The fourth-order valence-electron chi connectivity index (χ4n) is 2.38. The number of nitrogens with one attached hydrogen (secondary N) is 2. The van der Waals surface area contributed by atoms with Gasteiger partial charge in [-0.1, -0.05) is 6.42 Å². The second kappa shape index (κ2) is 6.81. The summed E-state index contributed by atoms with van der Waals surface area (Å²) >= 11 is 1.58. The number of piperidine rings is 1. The molecule has 0 aromatic carbocycles. The number of rotatable bonds is 6. The first-order valence-electron chi connectivity index (χ1n) is 6.55. The van der Waals surface area contributed by atoms with Gasteiger partial charge in [0.05, 0.1) is 0 Å². The third-order valence-electron chi connectivity index (χ3n) is 3.36.